The normalized spacial score (nSPS) is 12.6. The van der Waals surface area contributed by atoms with Crippen molar-refractivity contribution in [2.24, 2.45) is 10.8 Å². The quantitative estimate of drug-likeness (QED) is 0.828. The van der Waals surface area contributed by atoms with Gasteiger partial charge in [-0.2, -0.15) is 0 Å². The molecule has 2 aromatic rings. The van der Waals surface area contributed by atoms with Gasteiger partial charge in [-0.3, -0.25) is 9.59 Å². The summed E-state index contributed by atoms with van der Waals surface area (Å²) in [4.78, 5) is 25.7. The van der Waals surface area contributed by atoms with Gasteiger partial charge in [-0.05, 0) is 23.0 Å². The average molecular weight is 330 g/mol. The van der Waals surface area contributed by atoms with Gasteiger partial charge in [0.05, 0.1) is 0 Å². The largest absolute Gasteiger partial charge is 0.507 e. The van der Waals surface area contributed by atoms with Crippen molar-refractivity contribution in [1.82, 2.24) is 0 Å². The predicted molar refractivity (Wildman–Crippen MR) is 95.7 cm³/mol. The molecule has 0 saturated heterocycles. The molecule has 0 radical (unpaired) electrons. The summed E-state index contributed by atoms with van der Waals surface area (Å²) in [6, 6.07) is 4.69. The van der Waals surface area contributed by atoms with Crippen LogP contribution in [0.2, 0.25) is 0 Å². The zero-order chi connectivity index (χ0) is 18.3. The highest BCUT2D eigenvalue weighted by Gasteiger charge is 2.28. The van der Waals surface area contributed by atoms with Gasteiger partial charge in [0.25, 0.3) is 0 Å². The lowest BCUT2D eigenvalue weighted by molar-refractivity contribution is 0.0934. The molecule has 0 spiro atoms. The van der Waals surface area contributed by atoms with Gasteiger partial charge >= 0.3 is 0 Å². The van der Waals surface area contributed by atoms with E-state index in [0.717, 1.165) is 0 Å². The lowest BCUT2D eigenvalue weighted by atomic mass is 9.84. The van der Waals surface area contributed by atoms with Crippen LogP contribution in [-0.2, 0) is 6.42 Å². The van der Waals surface area contributed by atoms with Gasteiger partial charge in [0.1, 0.15) is 28.0 Å². The van der Waals surface area contributed by atoms with E-state index in [0.29, 0.717) is 17.8 Å². The van der Waals surface area contributed by atoms with Crippen LogP contribution in [0.1, 0.15) is 64.1 Å². The number of aromatic hydroxyl groups is 1. The second kappa shape index (κ2) is 6.08. The molecule has 0 amide bonds. The van der Waals surface area contributed by atoms with E-state index in [-0.39, 0.29) is 39.7 Å². The molecule has 1 aromatic heterocycles. The van der Waals surface area contributed by atoms with Crippen molar-refractivity contribution in [3.8, 4) is 5.75 Å². The molecule has 0 bridgehead atoms. The Bertz CT molecular complexity index is 830. The zero-order valence-electron chi connectivity index (χ0n) is 15.3. The average Bonchev–Trinajstić information content (AvgIpc) is 2.33. The molecule has 0 aliphatic rings. The molecule has 4 heteroatoms. The van der Waals surface area contributed by atoms with E-state index in [4.69, 9.17) is 4.42 Å². The number of hydrogen-bond donors (Lipinski definition) is 1. The van der Waals surface area contributed by atoms with Crippen molar-refractivity contribution in [3.05, 3.63) is 39.7 Å². The van der Waals surface area contributed by atoms with Crippen molar-refractivity contribution >= 4 is 16.8 Å². The van der Waals surface area contributed by atoms with E-state index >= 15 is 0 Å². The van der Waals surface area contributed by atoms with Crippen LogP contribution in [0.4, 0.5) is 0 Å². The maximum Gasteiger partial charge on any atom is 0.207 e. The number of ketones is 1. The number of hydrogen-bond acceptors (Lipinski definition) is 4. The van der Waals surface area contributed by atoms with Crippen molar-refractivity contribution in [2.75, 3.05) is 0 Å². The smallest absolute Gasteiger partial charge is 0.207 e. The summed E-state index contributed by atoms with van der Waals surface area (Å²) in [6.07, 6.45) is 0.715. The van der Waals surface area contributed by atoms with Gasteiger partial charge < -0.3 is 9.52 Å². The van der Waals surface area contributed by atoms with Crippen molar-refractivity contribution in [3.63, 3.8) is 0 Å². The van der Waals surface area contributed by atoms with Crippen LogP contribution in [-0.4, -0.2) is 10.9 Å². The van der Waals surface area contributed by atoms with E-state index in [1.165, 1.54) is 6.07 Å². The van der Waals surface area contributed by atoms with Crippen molar-refractivity contribution in [2.45, 2.75) is 54.4 Å². The third kappa shape index (κ3) is 4.05. The summed E-state index contributed by atoms with van der Waals surface area (Å²) < 4.78 is 5.89. The molecule has 1 N–H and O–H groups in total. The van der Waals surface area contributed by atoms with Gasteiger partial charge in [-0.25, -0.2) is 0 Å². The minimum atomic E-state index is -0.442. The first-order chi connectivity index (χ1) is 10.9. The molecular weight excluding hydrogens is 304 g/mol. The van der Waals surface area contributed by atoms with Crippen LogP contribution in [0.5, 0.6) is 5.75 Å². The second-order valence-corrected chi connectivity index (χ2v) is 8.78. The molecule has 1 heterocycles. The maximum absolute atomic E-state index is 12.9. The third-order valence-electron chi connectivity index (χ3n) is 3.63. The molecule has 0 saturated carbocycles. The van der Waals surface area contributed by atoms with Crippen LogP contribution in [0.25, 0.3) is 11.0 Å². The summed E-state index contributed by atoms with van der Waals surface area (Å²) in [5.74, 6) is 0.00821. The fourth-order valence-electron chi connectivity index (χ4n) is 2.73. The number of carbonyl (C=O) groups is 1. The SMILES string of the molecule is CC(C)(C)CC(=O)c1c(CC(C)(C)C)oc2cccc(O)c2c1=O. The lowest BCUT2D eigenvalue weighted by Crippen LogP contribution is -2.24. The summed E-state index contributed by atoms with van der Waals surface area (Å²) in [7, 11) is 0. The Morgan fingerprint density at radius 2 is 1.71 bits per heavy atom. The minimum absolute atomic E-state index is 0.0763. The monoisotopic (exact) mass is 330 g/mol. The highest BCUT2D eigenvalue weighted by molar-refractivity contribution is 6.00. The van der Waals surface area contributed by atoms with Crippen LogP contribution in [0.3, 0.4) is 0 Å². The molecule has 0 unspecified atom stereocenters. The molecule has 2 rings (SSSR count). The number of Topliss-reactive ketones (excluding diaryl/α,β-unsaturated/α-hetero) is 1. The first-order valence-electron chi connectivity index (χ1n) is 8.20. The predicted octanol–water partition coefficient (Wildman–Crippen LogP) is 4.71. The molecule has 24 heavy (non-hydrogen) atoms. The molecule has 4 nitrogen and oxygen atoms in total. The van der Waals surface area contributed by atoms with E-state index in [1.807, 2.05) is 41.5 Å². The second-order valence-electron chi connectivity index (χ2n) is 8.78. The number of carbonyl (C=O) groups excluding carboxylic acids is 1. The van der Waals surface area contributed by atoms with E-state index in [1.54, 1.807) is 12.1 Å². The Kier molecular flexibility index (Phi) is 4.62. The number of benzene rings is 1. The molecule has 0 aliphatic carbocycles. The number of phenolic OH excluding ortho intramolecular Hbond substituents is 1. The van der Waals surface area contributed by atoms with Crippen LogP contribution < -0.4 is 5.43 Å². The molecule has 1 aromatic carbocycles. The maximum atomic E-state index is 12.9. The van der Waals surface area contributed by atoms with E-state index < -0.39 is 5.43 Å². The molecule has 130 valence electrons. The summed E-state index contributed by atoms with van der Waals surface area (Å²) in [6.45, 7) is 11.9. The van der Waals surface area contributed by atoms with E-state index in [2.05, 4.69) is 0 Å². The van der Waals surface area contributed by atoms with Crippen LogP contribution in [0.15, 0.2) is 27.4 Å². The molecule has 0 aliphatic heterocycles. The zero-order valence-corrected chi connectivity index (χ0v) is 15.3. The van der Waals surface area contributed by atoms with Crippen molar-refractivity contribution in [1.29, 1.82) is 0 Å². The summed E-state index contributed by atoms with van der Waals surface area (Å²) in [5, 5.41) is 10.1. The fraction of sp³-hybridized carbons (Fsp3) is 0.500. The standard InChI is InChI=1S/C20H26O4/c1-19(2,3)10-13(22)17-15(11-20(4,5)6)24-14-9-7-8-12(21)16(14)18(17)23/h7-9,21H,10-11H2,1-6H3. The number of rotatable bonds is 3. The van der Waals surface area contributed by atoms with Gasteiger partial charge in [0, 0.05) is 12.8 Å². The fourth-order valence-corrected chi connectivity index (χ4v) is 2.73. The Balaban J connectivity index is 2.75. The summed E-state index contributed by atoms with van der Waals surface area (Å²) >= 11 is 0. The highest BCUT2D eigenvalue weighted by Crippen LogP contribution is 2.30. The molecule has 0 fully saturated rings. The molecule has 0 atom stereocenters. The first kappa shape index (κ1) is 18.2. The minimum Gasteiger partial charge on any atom is -0.507 e. The Hall–Kier alpha value is -2.10. The first-order valence-corrected chi connectivity index (χ1v) is 8.20. The number of phenols is 1. The number of fused-ring (bicyclic) bond motifs is 1. The highest BCUT2D eigenvalue weighted by atomic mass is 16.3. The van der Waals surface area contributed by atoms with Gasteiger partial charge in [0.2, 0.25) is 5.43 Å². The summed E-state index contributed by atoms with van der Waals surface area (Å²) in [5.41, 5.74) is -0.434. The Morgan fingerprint density at radius 3 is 2.25 bits per heavy atom. The lowest BCUT2D eigenvalue weighted by Gasteiger charge is -2.21. The topological polar surface area (TPSA) is 67.5 Å². The van der Waals surface area contributed by atoms with Crippen LogP contribution >= 0.6 is 0 Å². The third-order valence-corrected chi connectivity index (χ3v) is 3.63. The Morgan fingerprint density at radius 1 is 1.08 bits per heavy atom. The van der Waals surface area contributed by atoms with Crippen molar-refractivity contribution < 1.29 is 14.3 Å². The van der Waals surface area contributed by atoms with Gasteiger partial charge in [0.15, 0.2) is 5.78 Å². The van der Waals surface area contributed by atoms with Gasteiger partial charge in [-0.15, -0.1) is 0 Å². The van der Waals surface area contributed by atoms with E-state index in [9.17, 15) is 14.7 Å². The van der Waals surface area contributed by atoms with Gasteiger partial charge in [-0.1, -0.05) is 47.6 Å². The van der Waals surface area contributed by atoms with Crippen LogP contribution in [0, 0.1) is 10.8 Å². The molecular formula is C20H26O4. The Labute approximate surface area is 142 Å².